The predicted octanol–water partition coefficient (Wildman–Crippen LogP) is 2.05. The fraction of sp³-hybridized carbons (Fsp3) is 0.167. The van der Waals surface area contributed by atoms with Gasteiger partial charge in [-0.25, -0.2) is 5.43 Å². The lowest BCUT2D eigenvalue weighted by Crippen LogP contribution is -2.37. The van der Waals surface area contributed by atoms with Gasteiger partial charge in [0.2, 0.25) is 0 Å². The zero-order chi connectivity index (χ0) is 17.9. The van der Waals surface area contributed by atoms with E-state index < -0.39 is 5.91 Å². The summed E-state index contributed by atoms with van der Waals surface area (Å²) in [6.07, 6.45) is 3.55. The van der Waals surface area contributed by atoms with Crippen molar-refractivity contribution >= 4 is 29.8 Å². The molecule has 2 N–H and O–H groups in total. The Morgan fingerprint density at radius 2 is 1.80 bits per heavy atom. The van der Waals surface area contributed by atoms with Crippen molar-refractivity contribution in [2.45, 2.75) is 4.90 Å². The van der Waals surface area contributed by atoms with E-state index in [9.17, 15) is 9.59 Å². The molecule has 0 atom stereocenters. The predicted molar refractivity (Wildman–Crippen MR) is 98.9 cm³/mol. The van der Waals surface area contributed by atoms with Crippen LogP contribution in [0.3, 0.4) is 0 Å². The van der Waals surface area contributed by atoms with Crippen LogP contribution in [0.5, 0.6) is 5.75 Å². The molecule has 7 heteroatoms. The standard InChI is InChI=1S/C18H19N3O3S/c1-25-16-9-7-14(8-10-16)11-20-21-17(22)12-19-18(23)13-24-15-5-3-2-4-6-15/h2-11H,12-13H2,1H3,(H,19,23)(H,21,22)/b20-11+. The third-order valence-corrected chi connectivity index (χ3v) is 3.82. The van der Waals surface area contributed by atoms with Gasteiger partial charge in [0.25, 0.3) is 11.8 Å². The molecular formula is C18H19N3O3S. The van der Waals surface area contributed by atoms with Crippen LogP contribution in [-0.4, -0.2) is 37.4 Å². The molecule has 0 aliphatic rings. The fourth-order valence-corrected chi connectivity index (χ4v) is 2.21. The Morgan fingerprint density at radius 3 is 2.48 bits per heavy atom. The summed E-state index contributed by atoms with van der Waals surface area (Å²) in [5.74, 6) is -0.195. The van der Waals surface area contributed by atoms with Crippen molar-refractivity contribution in [2.75, 3.05) is 19.4 Å². The monoisotopic (exact) mass is 357 g/mol. The number of hydrogen-bond acceptors (Lipinski definition) is 5. The summed E-state index contributed by atoms with van der Waals surface area (Å²) in [6, 6.07) is 16.7. The number of ether oxygens (including phenoxy) is 1. The second kappa shape index (κ2) is 10.1. The highest BCUT2D eigenvalue weighted by Gasteiger charge is 2.05. The molecule has 0 radical (unpaired) electrons. The van der Waals surface area contributed by atoms with E-state index >= 15 is 0 Å². The van der Waals surface area contributed by atoms with E-state index in [2.05, 4.69) is 15.8 Å². The third kappa shape index (κ3) is 7.09. The summed E-state index contributed by atoms with van der Waals surface area (Å²) in [7, 11) is 0. The van der Waals surface area contributed by atoms with E-state index in [1.54, 1.807) is 30.1 Å². The molecule has 2 amide bonds. The normalized spacial score (nSPS) is 10.4. The van der Waals surface area contributed by atoms with Crippen LogP contribution in [0.4, 0.5) is 0 Å². The first-order valence-electron chi connectivity index (χ1n) is 7.58. The largest absolute Gasteiger partial charge is 0.484 e. The lowest BCUT2D eigenvalue weighted by molar-refractivity contribution is -0.127. The SMILES string of the molecule is CSc1ccc(/C=N/NC(=O)CNC(=O)COc2ccccc2)cc1. The molecule has 130 valence electrons. The van der Waals surface area contributed by atoms with Crippen molar-refractivity contribution in [1.29, 1.82) is 0 Å². The van der Waals surface area contributed by atoms with E-state index in [0.29, 0.717) is 5.75 Å². The Morgan fingerprint density at radius 1 is 1.08 bits per heavy atom. The van der Waals surface area contributed by atoms with E-state index in [1.807, 2.05) is 48.7 Å². The number of nitrogens with one attached hydrogen (secondary N) is 2. The highest BCUT2D eigenvalue weighted by Crippen LogP contribution is 2.13. The maximum absolute atomic E-state index is 11.6. The summed E-state index contributed by atoms with van der Waals surface area (Å²) in [5.41, 5.74) is 3.23. The second-order valence-electron chi connectivity index (χ2n) is 4.94. The molecule has 0 aliphatic carbocycles. The first-order chi connectivity index (χ1) is 12.2. The summed E-state index contributed by atoms with van der Waals surface area (Å²) in [6.45, 7) is -0.317. The van der Waals surface area contributed by atoms with Crippen LogP contribution in [0, 0.1) is 0 Å². The minimum Gasteiger partial charge on any atom is -0.484 e. The molecule has 0 bridgehead atoms. The molecule has 0 saturated carbocycles. The van der Waals surface area contributed by atoms with Gasteiger partial charge in [0.05, 0.1) is 12.8 Å². The number of amides is 2. The number of rotatable bonds is 8. The molecule has 0 aliphatic heterocycles. The maximum Gasteiger partial charge on any atom is 0.259 e. The molecule has 0 unspecified atom stereocenters. The van der Waals surface area contributed by atoms with Crippen molar-refractivity contribution in [1.82, 2.24) is 10.7 Å². The van der Waals surface area contributed by atoms with Crippen LogP contribution in [0.1, 0.15) is 5.56 Å². The van der Waals surface area contributed by atoms with Crippen LogP contribution in [0.2, 0.25) is 0 Å². The fourth-order valence-electron chi connectivity index (χ4n) is 1.80. The van der Waals surface area contributed by atoms with Crippen molar-refractivity contribution in [3.63, 3.8) is 0 Å². The van der Waals surface area contributed by atoms with Crippen LogP contribution < -0.4 is 15.5 Å². The molecule has 0 aromatic heterocycles. The Balaban J connectivity index is 1.65. The van der Waals surface area contributed by atoms with Gasteiger partial charge in [-0.3, -0.25) is 9.59 Å². The smallest absolute Gasteiger partial charge is 0.259 e. The van der Waals surface area contributed by atoms with Crippen LogP contribution in [-0.2, 0) is 9.59 Å². The molecule has 2 rings (SSSR count). The van der Waals surface area contributed by atoms with E-state index in [1.165, 1.54) is 0 Å². The lowest BCUT2D eigenvalue weighted by atomic mass is 10.2. The van der Waals surface area contributed by atoms with E-state index in [4.69, 9.17) is 4.74 Å². The van der Waals surface area contributed by atoms with Gasteiger partial charge in [-0.2, -0.15) is 5.10 Å². The first kappa shape index (κ1) is 18.5. The Labute approximate surface area is 150 Å². The van der Waals surface area contributed by atoms with Gasteiger partial charge in [0, 0.05) is 4.90 Å². The summed E-state index contributed by atoms with van der Waals surface area (Å²) in [5, 5.41) is 6.32. The van der Waals surface area contributed by atoms with E-state index in [-0.39, 0.29) is 19.1 Å². The molecular weight excluding hydrogens is 338 g/mol. The molecule has 0 fully saturated rings. The number of para-hydroxylation sites is 1. The van der Waals surface area contributed by atoms with Crippen molar-refractivity contribution < 1.29 is 14.3 Å². The third-order valence-electron chi connectivity index (χ3n) is 3.08. The number of carbonyl (C=O) groups is 2. The number of thioether (sulfide) groups is 1. The van der Waals surface area contributed by atoms with Crippen LogP contribution in [0.15, 0.2) is 64.6 Å². The van der Waals surface area contributed by atoms with Gasteiger partial charge >= 0.3 is 0 Å². The highest BCUT2D eigenvalue weighted by atomic mass is 32.2. The average Bonchev–Trinajstić information content (AvgIpc) is 2.66. The number of carbonyl (C=O) groups excluding carboxylic acids is 2. The van der Waals surface area contributed by atoms with E-state index in [0.717, 1.165) is 10.5 Å². The van der Waals surface area contributed by atoms with Gasteiger partial charge in [-0.1, -0.05) is 30.3 Å². The lowest BCUT2D eigenvalue weighted by Gasteiger charge is -2.06. The first-order valence-corrected chi connectivity index (χ1v) is 8.80. The summed E-state index contributed by atoms with van der Waals surface area (Å²) < 4.78 is 5.28. The zero-order valence-corrected chi connectivity index (χ0v) is 14.6. The molecule has 2 aromatic carbocycles. The molecule has 25 heavy (non-hydrogen) atoms. The van der Waals surface area contributed by atoms with Gasteiger partial charge < -0.3 is 10.1 Å². The highest BCUT2D eigenvalue weighted by molar-refractivity contribution is 7.98. The number of nitrogens with zero attached hydrogens (tertiary/aromatic N) is 1. The minimum absolute atomic E-state index is 0.150. The quantitative estimate of drug-likeness (QED) is 0.430. The maximum atomic E-state index is 11.6. The number of hydrogen-bond donors (Lipinski definition) is 2. The molecule has 0 heterocycles. The Bertz CT molecular complexity index is 718. The Hall–Kier alpha value is -2.80. The van der Waals surface area contributed by atoms with Crippen LogP contribution >= 0.6 is 11.8 Å². The molecule has 0 spiro atoms. The Kier molecular flexibility index (Phi) is 7.52. The second-order valence-corrected chi connectivity index (χ2v) is 5.82. The molecule has 2 aromatic rings. The van der Waals surface area contributed by atoms with Gasteiger partial charge in [0.15, 0.2) is 6.61 Å². The minimum atomic E-state index is -0.412. The van der Waals surface area contributed by atoms with Gasteiger partial charge in [-0.05, 0) is 36.1 Å². The molecule has 6 nitrogen and oxygen atoms in total. The van der Waals surface area contributed by atoms with Gasteiger partial charge in [0.1, 0.15) is 5.75 Å². The average molecular weight is 357 g/mol. The number of hydrazone groups is 1. The van der Waals surface area contributed by atoms with Crippen molar-refractivity contribution in [3.05, 3.63) is 60.2 Å². The van der Waals surface area contributed by atoms with Crippen molar-refractivity contribution in [3.8, 4) is 5.75 Å². The summed E-state index contributed by atoms with van der Waals surface area (Å²) in [4.78, 5) is 24.4. The molecule has 0 saturated heterocycles. The zero-order valence-electron chi connectivity index (χ0n) is 13.8. The van der Waals surface area contributed by atoms with Crippen LogP contribution in [0.25, 0.3) is 0 Å². The summed E-state index contributed by atoms with van der Waals surface area (Å²) >= 11 is 1.65. The topological polar surface area (TPSA) is 79.8 Å². The number of benzene rings is 2. The van der Waals surface area contributed by atoms with Crippen molar-refractivity contribution in [2.24, 2.45) is 5.10 Å². The van der Waals surface area contributed by atoms with Gasteiger partial charge in [-0.15, -0.1) is 11.8 Å².